The molecule has 1 amide bonds. The predicted octanol–water partition coefficient (Wildman–Crippen LogP) is 3.61. The van der Waals surface area contributed by atoms with Crippen molar-refractivity contribution in [3.8, 4) is 17.2 Å². The Kier molecular flexibility index (Phi) is 6.11. The molecule has 144 valence electrons. The zero-order valence-electron chi connectivity index (χ0n) is 15.8. The summed E-state index contributed by atoms with van der Waals surface area (Å²) >= 11 is 6.06. The van der Waals surface area contributed by atoms with Gasteiger partial charge in [0.15, 0.2) is 11.5 Å². The maximum atomic E-state index is 12.8. The molecule has 0 bridgehead atoms. The number of halogens is 1. The van der Waals surface area contributed by atoms with E-state index in [2.05, 4.69) is 0 Å². The summed E-state index contributed by atoms with van der Waals surface area (Å²) in [5.74, 6) is 2.10. The minimum Gasteiger partial charge on any atom is -0.493 e. The summed E-state index contributed by atoms with van der Waals surface area (Å²) in [5.41, 5.74) is 2.07. The van der Waals surface area contributed by atoms with Crippen molar-refractivity contribution in [3.63, 3.8) is 0 Å². The molecule has 5 nitrogen and oxygen atoms in total. The first-order valence-electron chi connectivity index (χ1n) is 8.89. The molecule has 0 spiro atoms. The first-order chi connectivity index (χ1) is 13.0. The van der Waals surface area contributed by atoms with Crippen LogP contribution in [0.3, 0.4) is 0 Å². The third-order valence-electron chi connectivity index (χ3n) is 4.84. The van der Waals surface area contributed by atoms with Gasteiger partial charge in [0.05, 0.1) is 20.1 Å². The molecule has 0 saturated carbocycles. The number of ether oxygens (including phenoxy) is 3. The summed E-state index contributed by atoms with van der Waals surface area (Å²) in [4.78, 5) is 14.6. The summed E-state index contributed by atoms with van der Waals surface area (Å²) in [6, 6.07) is 11.4. The van der Waals surface area contributed by atoms with Crippen LogP contribution in [0.2, 0.25) is 5.02 Å². The Labute approximate surface area is 164 Å². The standard InChI is InChI=1S/C21H24ClNO4/c1-23(9-8-14-4-6-19(25-2)20(10-14)26-3)21(24)16-11-15-12-17(22)5-7-18(15)27-13-16/h4-7,10,12,16H,8-9,11,13H2,1-3H3/t16-/m0/s1. The molecule has 1 aliphatic rings. The number of benzene rings is 2. The molecular formula is C21H24ClNO4. The van der Waals surface area contributed by atoms with E-state index in [9.17, 15) is 4.79 Å². The van der Waals surface area contributed by atoms with Crippen molar-refractivity contribution in [2.45, 2.75) is 12.8 Å². The van der Waals surface area contributed by atoms with Gasteiger partial charge in [0.1, 0.15) is 12.4 Å². The van der Waals surface area contributed by atoms with Gasteiger partial charge in [-0.1, -0.05) is 17.7 Å². The Morgan fingerprint density at radius 1 is 1.19 bits per heavy atom. The van der Waals surface area contributed by atoms with Gasteiger partial charge in [0.2, 0.25) is 5.91 Å². The summed E-state index contributed by atoms with van der Waals surface area (Å²) in [5, 5.41) is 0.659. The first-order valence-corrected chi connectivity index (χ1v) is 9.26. The average molecular weight is 390 g/mol. The van der Waals surface area contributed by atoms with Crippen LogP contribution in [0.15, 0.2) is 36.4 Å². The normalized spacial score (nSPS) is 15.5. The van der Waals surface area contributed by atoms with Gasteiger partial charge in [-0.2, -0.15) is 0 Å². The van der Waals surface area contributed by atoms with Crippen LogP contribution in [-0.2, 0) is 17.6 Å². The van der Waals surface area contributed by atoms with E-state index in [0.29, 0.717) is 36.1 Å². The Hall–Kier alpha value is -2.40. The SMILES string of the molecule is COc1ccc(CCN(C)C(=O)[C@@H]2COc3ccc(Cl)cc3C2)cc1OC. The number of amides is 1. The summed E-state index contributed by atoms with van der Waals surface area (Å²) in [6.45, 7) is 1.02. The molecule has 2 aromatic carbocycles. The second-order valence-electron chi connectivity index (χ2n) is 6.66. The second kappa shape index (κ2) is 8.53. The molecule has 2 aromatic rings. The number of likely N-dealkylation sites (N-methyl/N-ethyl adjacent to an activating group) is 1. The molecule has 0 saturated heterocycles. The van der Waals surface area contributed by atoms with Crippen molar-refractivity contribution in [1.82, 2.24) is 4.90 Å². The molecule has 1 heterocycles. The lowest BCUT2D eigenvalue weighted by atomic mass is 9.95. The van der Waals surface area contributed by atoms with Gasteiger partial charge in [0.25, 0.3) is 0 Å². The molecule has 0 fully saturated rings. The molecule has 3 rings (SSSR count). The monoisotopic (exact) mass is 389 g/mol. The third-order valence-corrected chi connectivity index (χ3v) is 5.07. The molecule has 0 aromatic heterocycles. The second-order valence-corrected chi connectivity index (χ2v) is 7.10. The minimum atomic E-state index is -0.189. The quantitative estimate of drug-likeness (QED) is 0.757. The topological polar surface area (TPSA) is 48.0 Å². The van der Waals surface area contributed by atoms with Crippen LogP contribution in [0.1, 0.15) is 11.1 Å². The Bertz CT molecular complexity index is 824. The van der Waals surface area contributed by atoms with Crippen LogP contribution in [0, 0.1) is 5.92 Å². The maximum absolute atomic E-state index is 12.8. The van der Waals surface area contributed by atoms with Gasteiger partial charge in [-0.3, -0.25) is 4.79 Å². The predicted molar refractivity (Wildman–Crippen MR) is 105 cm³/mol. The number of nitrogens with zero attached hydrogens (tertiary/aromatic N) is 1. The number of carbonyl (C=O) groups excluding carboxylic acids is 1. The van der Waals surface area contributed by atoms with Crippen molar-refractivity contribution >= 4 is 17.5 Å². The van der Waals surface area contributed by atoms with Gasteiger partial charge in [-0.25, -0.2) is 0 Å². The van der Waals surface area contributed by atoms with Crippen LogP contribution >= 0.6 is 11.6 Å². The average Bonchev–Trinajstić information content (AvgIpc) is 2.70. The molecule has 0 N–H and O–H groups in total. The highest BCUT2D eigenvalue weighted by Gasteiger charge is 2.28. The fraction of sp³-hybridized carbons (Fsp3) is 0.381. The van der Waals surface area contributed by atoms with E-state index < -0.39 is 0 Å². The lowest BCUT2D eigenvalue weighted by molar-refractivity contribution is -0.135. The number of rotatable bonds is 6. The first kappa shape index (κ1) is 19.4. The van der Waals surface area contributed by atoms with Crippen molar-refractivity contribution in [1.29, 1.82) is 0 Å². The third kappa shape index (κ3) is 4.48. The summed E-state index contributed by atoms with van der Waals surface area (Å²) in [7, 11) is 5.06. The highest BCUT2D eigenvalue weighted by atomic mass is 35.5. The molecule has 0 aliphatic carbocycles. The van der Waals surface area contributed by atoms with E-state index in [1.165, 1.54) is 0 Å². The summed E-state index contributed by atoms with van der Waals surface area (Å²) < 4.78 is 16.3. The number of methoxy groups -OCH3 is 2. The van der Waals surface area contributed by atoms with Crippen LogP contribution in [0.25, 0.3) is 0 Å². The number of hydrogen-bond donors (Lipinski definition) is 0. The van der Waals surface area contributed by atoms with Gasteiger partial charge in [-0.05, 0) is 54.3 Å². The largest absolute Gasteiger partial charge is 0.493 e. The van der Waals surface area contributed by atoms with Crippen molar-refractivity contribution in [3.05, 3.63) is 52.5 Å². The number of carbonyl (C=O) groups is 1. The maximum Gasteiger partial charge on any atom is 0.229 e. The van der Waals surface area contributed by atoms with Gasteiger partial charge in [-0.15, -0.1) is 0 Å². The van der Waals surface area contributed by atoms with Crippen LogP contribution in [0.4, 0.5) is 0 Å². The zero-order valence-corrected chi connectivity index (χ0v) is 16.6. The molecule has 1 aliphatic heterocycles. The van der Waals surface area contributed by atoms with E-state index in [1.807, 2.05) is 37.4 Å². The highest BCUT2D eigenvalue weighted by molar-refractivity contribution is 6.30. The smallest absolute Gasteiger partial charge is 0.229 e. The van der Waals surface area contributed by atoms with Gasteiger partial charge < -0.3 is 19.1 Å². The highest BCUT2D eigenvalue weighted by Crippen LogP contribution is 2.31. The number of hydrogen-bond acceptors (Lipinski definition) is 4. The molecule has 1 atom stereocenters. The van der Waals surface area contributed by atoms with Crippen molar-refractivity contribution < 1.29 is 19.0 Å². The van der Waals surface area contributed by atoms with Gasteiger partial charge >= 0.3 is 0 Å². The van der Waals surface area contributed by atoms with Gasteiger partial charge in [0, 0.05) is 18.6 Å². The van der Waals surface area contributed by atoms with E-state index >= 15 is 0 Å². The van der Waals surface area contributed by atoms with Crippen molar-refractivity contribution in [2.75, 3.05) is 34.4 Å². The van der Waals surface area contributed by atoms with E-state index in [-0.39, 0.29) is 11.8 Å². The van der Waals surface area contributed by atoms with E-state index in [0.717, 1.165) is 23.3 Å². The number of fused-ring (bicyclic) bond motifs is 1. The lowest BCUT2D eigenvalue weighted by Crippen LogP contribution is -2.39. The fourth-order valence-corrected chi connectivity index (χ4v) is 3.47. The van der Waals surface area contributed by atoms with Crippen molar-refractivity contribution in [2.24, 2.45) is 5.92 Å². The molecule has 0 radical (unpaired) electrons. The molecule has 6 heteroatoms. The molecular weight excluding hydrogens is 366 g/mol. The van der Waals surface area contributed by atoms with E-state index in [4.69, 9.17) is 25.8 Å². The van der Waals surface area contributed by atoms with E-state index in [1.54, 1.807) is 25.2 Å². The van der Waals surface area contributed by atoms with Crippen LogP contribution < -0.4 is 14.2 Å². The minimum absolute atomic E-state index is 0.0844. The molecule has 0 unspecified atom stereocenters. The Morgan fingerprint density at radius 3 is 2.70 bits per heavy atom. The zero-order chi connectivity index (χ0) is 19.4. The van der Waals surface area contributed by atoms with Crippen LogP contribution in [0.5, 0.6) is 17.2 Å². The van der Waals surface area contributed by atoms with Crippen LogP contribution in [-0.4, -0.2) is 45.2 Å². The lowest BCUT2D eigenvalue weighted by Gasteiger charge is -2.28. The Balaban J connectivity index is 1.60. The molecule has 27 heavy (non-hydrogen) atoms. The summed E-state index contributed by atoms with van der Waals surface area (Å²) in [6.07, 6.45) is 1.38. The Morgan fingerprint density at radius 2 is 1.96 bits per heavy atom. The fourth-order valence-electron chi connectivity index (χ4n) is 3.28.